The fourth-order valence-electron chi connectivity index (χ4n) is 4.01. The van der Waals surface area contributed by atoms with Gasteiger partial charge in [0, 0.05) is 30.3 Å². The van der Waals surface area contributed by atoms with E-state index in [-0.39, 0.29) is 11.5 Å². The second-order valence-corrected chi connectivity index (χ2v) is 7.74. The Morgan fingerprint density at radius 2 is 2.17 bits per heavy atom. The molecule has 0 saturated carbocycles. The van der Waals surface area contributed by atoms with Crippen molar-refractivity contribution in [2.45, 2.75) is 45.8 Å². The van der Waals surface area contributed by atoms with Gasteiger partial charge in [0.15, 0.2) is 5.43 Å². The van der Waals surface area contributed by atoms with E-state index >= 15 is 0 Å². The van der Waals surface area contributed by atoms with Gasteiger partial charge in [0.25, 0.3) is 0 Å². The SMILES string of the molecule is CCCCOc1ccc2c(c1)CCn1c(NC[C@@H]3COCCO3)cc(=O)c(C)c1-2. The Balaban J connectivity index is 1.61. The maximum absolute atomic E-state index is 12.7. The lowest BCUT2D eigenvalue weighted by molar-refractivity contribution is -0.0819. The van der Waals surface area contributed by atoms with Gasteiger partial charge in [0.05, 0.1) is 38.2 Å². The van der Waals surface area contributed by atoms with Gasteiger partial charge in [-0.2, -0.15) is 0 Å². The summed E-state index contributed by atoms with van der Waals surface area (Å²) in [6.45, 7) is 8.12. The topological polar surface area (TPSA) is 61.7 Å². The molecule has 156 valence electrons. The number of aryl methyl sites for hydroxylation is 1. The first-order valence-corrected chi connectivity index (χ1v) is 10.6. The van der Waals surface area contributed by atoms with Crippen LogP contribution in [-0.2, 0) is 22.4 Å². The Hall–Kier alpha value is -2.31. The minimum atomic E-state index is 0.00936. The zero-order valence-corrected chi connectivity index (χ0v) is 17.3. The van der Waals surface area contributed by atoms with Gasteiger partial charge >= 0.3 is 0 Å². The summed E-state index contributed by atoms with van der Waals surface area (Å²) in [5, 5.41) is 3.42. The van der Waals surface area contributed by atoms with E-state index in [1.807, 2.05) is 13.0 Å². The van der Waals surface area contributed by atoms with Gasteiger partial charge < -0.3 is 24.1 Å². The number of anilines is 1. The molecule has 6 nitrogen and oxygen atoms in total. The maximum atomic E-state index is 12.7. The normalized spacial score (nSPS) is 18.1. The van der Waals surface area contributed by atoms with Crippen molar-refractivity contribution in [3.05, 3.63) is 45.6 Å². The Morgan fingerprint density at radius 3 is 2.97 bits per heavy atom. The quantitative estimate of drug-likeness (QED) is 0.725. The molecule has 2 aromatic rings. The van der Waals surface area contributed by atoms with E-state index in [4.69, 9.17) is 14.2 Å². The van der Waals surface area contributed by atoms with Crippen LogP contribution < -0.4 is 15.5 Å². The lowest BCUT2D eigenvalue weighted by atomic mass is 9.94. The first kappa shape index (κ1) is 20.0. The molecule has 1 saturated heterocycles. The monoisotopic (exact) mass is 398 g/mol. The number of fused-ring (bicyclic) bond motifs is 3. The van der Waals surface area contributed by atoms with Crippen molar-refractivity contribution in [1.82, 2.24) is 4.57 Å². The first-order chi connectivity index (χ1) is 14.2. The molecule has 0 radical (unpaired) electrons. The average molecular weight is 399 g/mol. The van der Waals surface area contributed by atoms with Crippen LogP contribution >= 0.6 is 0 Å². The molecule has 1 atom stereocenters. The van der Waals surface area contributed by atoms with Crippen LogP contribution in [0.15, 0.2) is 29.1 Å². The van der Waals surface area contributed by atoms with Crippen LogP contribution in [0.4, 0.5) is 5.82 Å². The number of nitrogens with one attached hydrogen (secondary N) is 1. The molecule has 0 spiro atoms. The average Bonchev–Trinajstić information content (AvgIpc) is 2.75. The largest absolute Gasteiger partial charge is 0.494 e. The fourth-order valence-corrected chi connectivity index (χ4v) is 4.01. The number of hydrogen-bond donors (Lipinski definition) is 1. The van der Waals surface area contributed by atoms with Crippen LogP contribution in [0, 0.1) is 6.92 Å². The summed E-state index contributed by atoms with van der Waals surface area (Å²) < 4.78 is 19.3. The molecular weight excluding hydrogens is 368 g/mol. The van der Waals surface area contributed by atoms with Crippen molar-refractivity contribution in [3.63, 3.8) is 0 Å². The molecule has 0 unspecified atom stereocenters. The van der Waals surface area contributed by atoms with E-state index in [2.05, 4.69) is 28.9 Å². The summed E-state index contributed by atoms with van der Waals surface area (Å²) in [5.74, 6) is 1.76. The van der Waals surface area contributed by atoms with Crippen LogP contribution in [-0.4, -0.2) is 43.6 Å². The molecule has 2 aliphatic heterocycles. The van der Waals surface area contributed by atoms with E-state index in [0.29, 0.717) is 26.4 Å². The summed E-state index contributed by atoms with van der Waals surface area (Å²) in [6, 6.07) is 7.94. The van der Waals surface area contributed by atoms with Gasteiger partial charge in [-0.25, -0.2) is 0 Å². The molecule has 0 bridgehead atoms. The Kier molecular flexibility index (Phi) is 6.21. The lowest BCUT2D eigenvalue weighted by Crippen LogP contribution is -2.35. The molecule has 1 aromatic carbocycles. The molecule has 3 heterocycles. The highest BCUT2D eigenvalue weighted by molar-refractivity contribution is 5.72. The molecule has 29 heavy (non-hydrogen) atoms. The highest BCUT2D eigenvalue weighted by Gasteiger charge is 2.22. The van der Waals surface area contributed by atoms with Crippen molar-refractivity contribution in [1.29, 1.82) is 0 Å². The third-order valence-corrected chi connectivity index (χ3v) is 5.65. The molecule has 0 aliphatic carbocycles. The van der Waals surface area contributed by atoms with Gasteiger partial charge in [0.1, 0.15) is 11.6 Å². The Labute approximate surface area is 171 Å². The summed E-state index contributed by atoms with van der Waals surface area (Å²) in [7, 11) is 0. The number of unbranched alkanes of at least 4 members (excludes halogenated alkanes) is 1. The number of pyridine rings is 1. The first-order valence-electron chi connectivity index (χ1n) is 10.6. The van der Waals surface area contributed by atoms with Crippen LogP contribution in [0.1, 0.15) is 30.9 Å². The zero-order valence-electron chi connectivity index (χ0n) is 17.3. The molecule has 1 fully saturated rings. The van der Waals surface area contributed by atoms with Gasteiger partial charge in [0.2, 0.25) is 0 Å². The van der Waals surface area contributed by atoms with Crippen LogP contribution in [0.5, 0.6) is 5.75 Å². The van der Waals surface area contributed by atoms with Crippen LogP contribution in [0.3, 0.4) is 0 Å². The summed E-state index contributed by atoms with van der Waals surface area (Å²) in [5.41, 5.74) is 4.20. The third kappa shape index (κ3) is 4.33. The van der Waals surface area contributed by atoms with Crippen LogP contribution in [0.25, 0.3) is 11.3 Å². The fraction of sp³-hybridized carbons (Fsp3) is 0.522. The maximum Gasteiger partial charge on any atom is 0.187 e. The number of nitrogens with zero attached hydrogens (tertiary/aromatic N) is 1. The molecule has 0 amide bonds. The van der Waals surface area contributed by atoms with E-state index in [1.165, 1.54) is 5.56 Å². The van der Waals surface area contributed by atoms with Crippen molar-refractivity contribution in [3.8, 4) is 17.0 Å². The van der Waals surface area contributed by atoms with Gasteiger partial charge in [-0.3, -0.25) is 4.79 Å². The summed E-state index contributed by atoms with van der Waals surface area (Å²) in [6.07, 6.45) is 3.09. The minimum Gasteiger partial charge on any atom is -0.494 e. The standard InChI is InChI=1S/C23H30N2O4/c1-3-4-9-28-18-5-6-20-17(12-18)7-8-25-22(13-21(26)16(2)23(20)25)24-14-19-15-27-10-11-29-19/h5-6,12-13,19,24H,3-4,7-11,14-15H2,1-2H3/t19-/m1/s1. The van der Waals surface area contributed by atoms with Crippen molar-refractivity contribution < 1.29 is 14.2 Å². The van der Waals surface area contributed by atoms with E-state index in [1.54, 1.807) is 6.07 Å². The number of rotatable bonds is 7. The molecule has 1 N–H and O–H groups in total. The van der Waals surface area contributed by atoms with E-state index in [9.17, 15) is 4.79 Å². The number of ether oxygens (including phenoxy) is 3. The number of hydrogen-bond acceptors (Lipinski definition) is 5. The predicted molar refractivity (Wildman–Crippen MR) is 114 cm³/mol. The Morgan fingerprint density at radius 1 is 1.28 bits per heavy atom. The predicted octanol–water partition coefficient (Wildman–Crippen LogP) is 3.39. The second kappa shape index (κ2) is 9.01. The molecule has 1 aromatic heterocycles. The molecule has 2 aliphatic rings. The summed E-state index contributed by atoms with van der Waals surface area (Å²) >= 11 is 0. The number of benzene rings is 1. The van der Waals surface area contributed by atoms with Gasteiger partial charge in [-0.05, 0) is 43.5 Å². The van der Waals surface area contributed by atoms with Crippen LogP contribution in [0.2, 0.25) is 0 Å². The second-order valence-electron chi connectivity index (χ2n) is 7.74. The lowest BCUT2D eigenvalue weighted by Gasteiger charge is -2.29. The number of aromatic nitrogens is 1. The van der Waals surface area contributed by atoms with E-state index in [0.717, 1.165) is 60.8 Å². The highest BCUT2D eigenvalue weighted by atomic mass is 16.6. The highest BCUT2D eigenvalue weighted by Crippen LogP contribution is 2.35. The Bertz CT molecular complexity index is 916. The van der Waals surface area contributed by atoms with E-state index < -0.39 is 0 Å². The molecule has 6 heteroatoms. The minimum absolute atomic E-state index is 0.00936. The van der Waals surface area contributed by atoms with Gasteiger partial charge in [-0.15, -0.1) is 0 Å². The molecule has 4 rings (SSSR count). The summed E-state index contributed by atoms with van der Waals surface area (Å²) in [4.78, 5) is 12.7. The van der Waals surface area contributed by atoms with Gasteiger partial charge in [-0.1, -0.05) is 13.3 Å². The molecular formula is C23H30N2O4. The zero-order chi connectivity index (χ0) is 20.2. The van der Waals surface area contributed by atoms with Crippen molar-refractivity contribution in [2.75, 3.05) is 38.3 Å². The smallest absolute Gasteiger partial charge is 0.187 e. The third-order valence-electron chi connectivity index (χ3n) is 5.65. The van der Waals surface area contributed by atoms with Crippen molar-refractivity contribution >= 4 is 5.82 Å². The van der Waals surface area contributed by atoms with Crippen molar-refractivity contribution in [2.24, 2.45) is 0 Å².